The lowest BCUT2D eigenvalue weighted by atomic mass is 10.1. The third-order valence-corrected chi connectivity index (χ3v) is 4.87. The van der Waals surface area contributed by atoms with Crippen LogP contribution in [0.15, 0.2) is 24.3 Å². The van der Waals surface area contributed by atoms with Crippen LogP contribution in [-0.2, 0) is 6.42 Å². The van der Waals surface area contributed by atoms with Gasteiger partial charge in [-0.1, -0.05) is 35.6 Å². The first-order valence-corrected chi connectivity index (χ1v) is 7.49. The van der Waals surface area contributed by atoms with Crippen molar-refractivity contribution in [2.75, 3.05) is 5.32 Å². The van der Waals surface area contributed by atoms with Crippen molar-refractivity contribution in [1.29, 1.82) is 0 Å². The molecule has 0 bridgehead atoms. The number of nitrogens with one attached hydrogen (secondary N) is 1. The zero-order valence-corrected chi connectivity index (χ0v) is 11.2. The molecule has 2 aliphatic carbocycles. The summed E-state index contributed by atoms with van der Waals surface area (Å²) in [5.41, 5.74) is 2.40. The number of aliphatic hydroxyl groups is 1. The Hall–Kier alpha value is -1.46. The third kappa shape index (κ3) is 2.03. The molecule has 4 rings (SSSR count). The molecule has 1 aromatic heterocycles. The van der Waals surface area contributed by atoms with Gasteiger partial charge in [-0.25, -0.2) is 0 Å². The summed E-state index contributed by atoms with van der Waals surface area (Å²) in [4.78, 5) is 0. The van der Waals surface area contributed by atoms with Gasteiger partial charge in [0.2, 0.25) is 5.13 Å². The van der Waals surface area contributed by atoms with Crippen LogP contribution in [0, 0.1) is 0 Å². The average molecular weight is 273 g/mol. The minimum atomic E-state index is -0.384. The van der Waals surface area contributed by atoms with Crippen molar-refractivity contribution < 1.29 is 5.11 Å². The minimum absolute atomic E-state index is 0.0591. The molecular formula is C14H15N3OS. The number of nitrogens with zero attached hydrogens (tertiary/aromatic N) is 2. The summed E-state index contributed by atoms with van der Waals surface area (Å²) in [6, 6.07) is 8.13. The molecule has 0 unspecified atom stereocenters. The van der Waals surface area contributed by atoms with Crippen molar-refractivity contribution in [3.8, 4) is 0 Å². The molecule has 1 heterocycles. The summed E-state index contributed by atoms with van der Waals surface area (Å²) < 4.78 is 0. The van der Waals surface area contributed by atoms with Crippen LogP contribution in [-0.4, -0.2) is 21.4 Å². The highest BCUT2D eigenvalue weighted by Crippen LogP contribution is 2.43. The first-order chi connectivity index (χ1) is 9.31. The largest absolute Gasteiger partial charge is 0.390 e. The van der Waals surface area contributed by atoms with Crippen LogP contribution in [0.1, 0.15) is 40.9 Å². The van der Waals surface area contributed by atoms with Gasteiger partial charge in [0.25, 0.3) is 0 Å². The zero-order chi connectivity index (χ0) is 12.8. The molecule has 0 saturated heterocycles. The van der Waals surface area contributed by atoms with Gasteiger partial charge in [0.05, 0.1) is 12.1 Å². The highest BCUT2D eigenvalue weighted by Gasteiger charge is 2.32. The molecule has 0 aliphatic heterocycles. The molecule has 2 N–H and O–H groups in total. The summed E-state index contributed by atoms with van der Waals surface area (Å²) in [6.07, 6.45) is 2.81. The lowest BCUT2D eigenvalue weighted by Gasteiger charge is -2.16. The molecule has 98 valence electrons. The van der Waals surface area contributed by atoms with Crippen LogP contribution in [0.4, 0.5) is 5.13 Å². The second-order valence-electron chi connectivity index (χ2n) is 5.31. The molecule has 5 heteroatoms. The molecule has 2 atom stereocenters. The van der Waals surface area contributed by atoms with Crippen molar-refractivity contribution in [1.82, 2.24) is 10.2 Å². The maximum absolute atomic E-state index is 10.2. The van der Waals surface area contributed by atoms with Gasteiger partial charge in [0.1, 0.15) is 5.01 Å². The van der Waals surface area contributed by atoms with E-state index < -0.39 is 0 Å². The summed E-state index contributed by atoms with van der Waals surface area (Å²) in [7, 11) is 0. The quantitative estimate of drug-likeness (QED) is 0.902. The van der Waals surface area contributed by atoms with E-state index in [1.54, 1.807) is 11.3 Å². The van der Waals surface area contributed by atoms with E-state index in [2.05, 4.69) is 27.6 Å². The fraction of sp³-hybridized carbons (Fsp3) is 0.429. The van der Waals surface area contributed by atoms with E-state index in [0.717, 1.165) is 10.1 Å². The van der Waals surface area contributed by atoms with Crippen molar-refractivity contribution in [3.05, 3.63) is 40.4 Å². The zero-order valence-electron chi connectivity index (χ0n) is 10.4. The number of hydrogen-bond donors (Lipinski definition) is 2. The van der Waals surface area contributed by atoms with Crippen LogP contribution < -0.4 is 5.32 Å². The Morgan fingerprint density at radius 3 is 2.89 bits per heavy atom. The van der Waals surface area contributed by atoms with E-state index >= 15 is 0 Å². The predicted octanol–water partition coefficient (Wildman–Crippen LogP) is 2.49. The minimum Gasteiger partial charge on any atom is -0.390 e. The van der Waals surface area contributed by atoms with Gasteiger partial charge in [0, 0.05) is 12.3 Å². The Balaban J connectivity index is 1.58. The predicted molar refractivity (Wildman–Crippen MR) is 74.4 cm³/mol. The van der Waals surface area contributed by atoms with E-state index in [1.165, 1.54) is 24.0 Å². The van der Waals surface area contributed by atoms with E-state index in [4.69, 9.17) is 0 Å². The molecule has 1 fully saturated rings. The number of hydrogen-bond acceptors (Lipinski definition) is 5. The van der Waals surface area contributed by atoms with E-state index in [9.17, 15) is 5.11 Å². The molecule has 0 radical (unpaired) electrons. The molecule has 0 spiro atoms. The SMILES string of the molecule is O[C@@H]1Cc2ccccc2[C@@H]1Nc1nnc(C2CC2)s1. The Bertz CT molecular complexity index is 608. The van der Waals surface area contributed by atoms with Crippen LogP contribution in [0.3, 0.4) is 0 Å². The topological polar surface area (TPSA) is 58.0 Å². The van der Waals surface area contributed by atoms with Gasteiger partial charge in [-0.2, -0.15) is 0 Å². The van der Waals surface area contributed by atoms with Gasteiger partial charge in [-0.15, -0.1) is 10.2 Å². The van der Waals surface area contributed by atoms with Crippen molar-refractivity contribution in [3.63, 3.8) is 0 Å². The van der Waals surface area contributed by atoms with Crippen molar-refractivity contribution in [2.24, 2.45) is 0 Å². The standard InChI is InChI=1S/C14H15N3OS/c18-11-7-9-3-1-2-4-10(9)12(11)15-14-17-16-13(19-14)8-5-6-8/h1-4,8,11-12,18H,5-7H2,(H,15,17)/t11-,12+/m1/s1. The first-order valence-electron chi connectivity index (χ1n) is 6.67. The summed E-state index contributed by atoms with van der Waals surface area (Å²) >= 11 is 1.62. The molecule has 0 amide bonds. The maximum Gasteiger partial charge on any atom is 0.206 e. The fourth-order valence-electron chi connectivity index (χ4n) is 2.67. The summed E-state index contributed by atoms with van der Waals surface area (Å²) in [5.74, 6) is 0.633. The van der Waals surface area contributed by atoms with Crippen LogP contribution in [0.25, 0.3) is 0 Å². The number of aliphatic hydroxyl groups excluding tert-OH is 1. The fourth-order valence-corrected chi connectivity index (χ4v) is 3.62. The second kappa shape index (κ2) is 4.28. The monoisotopic (exact) mass is 273 g/mol. The van der Waals surface area contributed by atoms with Gasteiger partial charge in [-0.05, 0) is 24.0 Å². The van der Waals surface area contributed by atoms with Crippen molar-refractivity contribution in [2.45, 2.75) is 37.3 Å². The first kappa shape index (κ1) is 11.4. The molecule has 4 nitrogen and oxygen atoms in total. The molecule has 1 aromatic carbocycles. The molecule has 2 aromatic rings. The Kier molecular flexibility index (Phi) is 2.56. The van der Waals surface area contributed by atoms with E-state index in [1.807, 2.05) is 12.1 Å². The molecule has 2 aliphatic rings. The molecular weight excluding hydrogens is 258 g/mol. The Morgan fingerprint density at radius 2 is 2.05 bits per heavy atom. The van der Waals surface area contributed by atoms with Crippen molar-refractivity contribution >= 4 is 16.5 Å². The maximum atomic E-state index is 10.2. The second-order valence-corrected chi connectivity index (χ2v) is 6.32. The van der Waals surface area contributed by atoms with Gasteiger partial charge in [-0.3, -0.25) is 0 Å². The van der Waals surface area contributed by atoms with Gasteiger partial charge in [0.15, 0.2) is 0 Å². The third-order valence-electron chi connectivity index (χ3n) is 3.85. The highest BCUT2D eigenvalue weighted by molar-refractivity contribution is 7.15. The number of benzene rings is 1. The Labute approximate surface area is 115 Å². The smallest absolute Gasteiger partial charge is 0.206 e. The van der Waals surface area contributed by atoms with Crippen LogP contribution >= 0.6 is 11.3 Å². The normalized spacial score (nSPS) is 25.3. The van der Waals surface area contributed by atoms with Crippen LogP contribution in [0.2, 0.25) is 0 Å². The number of rotatable bonds is 3. The summed E-state index contributed by atoms with van der Waals surface area (Å²) in [6.45, 7) is 0. The highest BCUT2D eigenvalue weighted by atomic mass is 32.1. The molecule has 19 heavy (non-hydrogen) atoms. The lowest BCUT2D eigenvalue weighted by Crippen LogP contribution is -2.21. The average Bonchev–Trinajstić information content (AvgIpc) is 3.09. The number of fused-ring (bicyclic) bond motifs is 1. The Morgan fingerprint density at radius 1 is 1.21 bits per heavy atom. The van der Waals surface area contributed by atoms with Gasteiger partial charge < -0.3 is 10.4 Å². The summed E-state index contributed by atoms with van der Waals surface area (Å²) in [5, 5.41) is 23.9. The van der Waals surface area contributed by atoms with E-state index in [-0.39, 0.29) is 12.1 Å². The number of aromatic nitrogens is 2. The number of anilines is 1. The molecule has 1 saturated carbocycles. The lowest BCUT2D eigenvalue weighted by molar-refractivity contribution is 0.166. The van der Waals surface area contributed by atoms with Gasteiger partial charge >= 0.3 is 0 Å². The van der Waals surface area contributed by atoms with Crippen LogP contribution in [0.5, 0.6) is 0 Å². The van der Waals surface area contributed by atoms with E-state index in [0.29, 0.717) is 12.3 Å².